The van der Waals surface area contributed by atoms with E-state index in [1.54, 1.807) is 0 Å². The van der Waals surface area contributed by atoms with Gasteiger partial charge in [-0.2, -0.15) is 0 Å². The molecule has 0 fully saturated rings. The van der Waals surface area contributed by atoms with Crippen LogP contribution >= 0.6 is 11.6 Å². The van der Waals surface area contributed by atoms with Crippen LogP contribution in [0, 0.1) is 0 Å². The Morgan fingerprint density at radius 3 is 1.86 bits per heavy atom. The number of halogens is 1. The Morgan fingerprint density at radius 2 is 1.36 bits per heavy atom. The Labute approximate surface area is 141 Å². The van der Waals surface area contributed by atoms with Crippen molar-refractivity contribution in [2.24, 2.45) is 0 Å². The Hall–Kier alpha value is -0.876. The standard InChI is InChI=1S/C18H25ClOSi2/c1-21(2,3)20-18(15-11-13-16(19)14-12-15)22(4,5)17-9-7-6-8-10-17/h6-14,18H,1-5H3. The van der Waals surface area contributed by atoms with Crippen molar-refractivity contribution >= 4 is 33.2 Å². The molecule has 1 unspecified atom stereocenters. The van der Waals surface area contributed by atoms with Crippen molar-refractivity contribution in [1.82, 2.24) is 0 Å². The van der Waals surface area contributed by atoms with Crippen LogP contribution in [0.15, 0.2) is 54.6 Å². The fraction of sp³-hybridized carbons (Fsp3) is 0.333. The first kappa shape index (κ1) is 17.5. The highest BCUT2D eigenvalue weighted by Gasteiger charge is 2.38. The third-order valence-corrected chi connectivity index (χ3v) is 8.83. The lowest BCUT2D eigenvalue weighted by Crippen LogP contribution is -2.51. The van der Waals surface area contributed by atoms with Crippen LogP contribution in [0.4, 0.5) is 0 Å². The minimum Gasteiger partial charge on any atom is -0.413 e. The highest BCUT2D eigenvalue weighted by molar-refractivity contribution is 6.91. The normalized spacial score (nSPS) is 13.9. The number of hydrogen-bond acceptors (Lipinski definition) is 1. The van der Waals surface area contributed by atoms with Gasteiger partial charge in [-0.1, -0.05) is 72.3 Å². The molecule has 0 amide bonds. The van der Waals surface area contributed by atoms with Crippen LogP contribution in [0.1, 0.15) is 11.3 Å². The molecule has 0 aliphatic carbocycles. The van der Waals surface area contributed by atoms with Crippen molar-refractivity contribution in [3.63, 3.8) is 0 Å². The summed E-state index contributed by atoms with van der Waals surface area (Å²) in [7, 11) is -3.47. The summed E-state index contributed by atoms with van der Waals surface area (Å²) < 4.78 is 6.64. The Kier molecular flexibility index (Phi) is 5.33. The van der Waals surface area contributed by atoms with E-state index in [0.29, 0.717) is 0 Å². The van der Waals surface area contributed by atoms with Crippen LogP contribution in [0.3, 0.4) is 0 Å². The van der Waals surface area contributed by atoms with Gasteiger partial charge < -0.3 is 4.43 Å². The van der Waals surface area contributed by atoms with Crippen molar-refractivity contribution in [1.29, 1.82) is 0 Å². The molecule has 0 spiro atoms. The molecule has 0 aliphatic heterocycles. The molecule has 0 N–H and O–H groups in total. The zero-order valence-corrected chi connectivity index (χ0v) is 16.8. The molecule has 4 heteroatoms. The van der Waals surface area contributed by atoms with Gasteiger partial charge in [0.2, 0.25) is 0 Å². The lowest BCUT2D eigenvalue weighted by molar-refractivity contribution is 0.270. The molecule has 0 radical (unpaired) electrons. The van der Waals surface area contributed by atoms with Crippen molar-refractivity contribution < 1.29 is 4.43 Å². The van der Waals surface area contributed by atoms with Gasteiger partial charge in [-0.05, 0) is 37.3 Å². The predicted molar refractivity (Wildman–Crippen MR) is 102 cm³/mol. The molecule has 1 nitrogen and oxygen atoms in total. The SMILES string of the molecule is C[Si](C)(C)OC(c1ccc(Cl)cc1)[Si](C)(C)c1ccccc1. The summed E-state index contributed by atoms with van der Waals surface area (Å²) in [4.78, 5) is 0. The zero-order chi connectivity index (χ0) is 16.4. The van der Waals surface area contributed by atoms with Crippen LogP contribution in [0.5, 0.6) is 0 Å². The van der Waals surface area contributed by atoms with Crippen LogP contribution in [0.25, 0.3) is 0 Å². The molecule has 2 aromatic carbocycles. The van der Waals surface area contributed by atoms with E-state index in [4.69, 9.17) is 16.0 Å². The van der Waals surface area contributed by atoms with Gasteiger partial charge in [0.05, 0.1) is 5.73 Å². The summed E-state index contributed by atoms with van der Waals surface area (Å²) in [6, 6.07) is 19.0. The smallest absolute Gasteiger partial charge is 0.184 e. The molecule has 0 aliphatic rings. The second-order valence-electron chi connectivity index (χ2n) is 7.25. The second kappa shape index (κ2) is 6.71. The largest absolute Gasteiger partial charge is 0.413 e. The highest BCUT2D eigenvalue weighted by Crippen LogP contribution is 2.32. The Bertz CT molecular complexity index is 603. The minimum absolute atomic E-state index is 0.152. The average Bonchev–Trinajstić information content (AvgIpc) is 2.46. The molecule has 0 saturated heterocycles. The monoisotopic (exact) mass is 348 g/mol. The van der Waals surface area contributed by atoms with E-state index < -0.39 is 16.4 Å². The van der Waals surface area contributed by atoms with Crippen molar-refractivity contribution in [3.8, 4) is 0 Å². The third kappa shape index (κ3) is 4.32. The molecular weight excluding hydrogens is 324 g/mol. The van der Waals surface area contributed by atoms with Gasteiger partial charge in [0.15, 0.2) is 8.32 Å². The fourth-order valence-corrected chi connectivity index (χ4v) is 8.23. The number of hydrogen-bond donors (Lipinski definition) is 0. The van der Waals surface area contributed by atoms with Gasteiger partial charge in [-0.15, -0.1) is 0 Å². The topological polar surface area (TPSA) is 9.23 Å². The molecule has 118 valence electrons. The summed E-state index contributed by atoms with van der Waals surface area (Å²) in [5.74, 6) is 0. The van der Waals surface area contributed by atoms with E-state index in [0.717, 1.165) is 5.02 Å². The molecule has 0 heterocycles. The molecule has 2 rings (SSSR count). The van der Waals surface area contributed by atoms with Gasteiger partial charge in [-0.25, -0.2) is 0 Å². The van der Waals surface area contributed by atoms with E-state index in [1.807, 2.05) is 12.1 Å². The maximum atomic E-state index is 6.64. The van der Waals surface area contributed by atoms with E-state index >= 15 is 0 Å². The predicted octanol–water partition coefficient (Wildman–Crippen LogP) is 5.39. The lowest BCUT2D eigenvalue weighted by atomic mass is 10.2. The van der Waals surface area contributed by atoms with Crippen molar-refractivity contribution in [2.75, 3.05) is 0 Å². The highest BCUT2D eigenvalue weighted by atomic mass is 35.5. The van der Waals surface area contributed by atoms with Crippen LogP contribution < -0.4 is 5.19 Å². The first-order chi connectivity index (χ1) is 10.2. The van der Waals surface area contributed by atoms with Gasteiger partial charge >= 0.3 is 0 Å². The van der Waals surface area contributed by atoms with Crippen LogP contribution in [0.2, 0.25) is 37.8 Å². The van der Waals surface area contributed by atoms with Gasteiger partial charge in [0.25, 0.3) is 0 Å². The van der Waals surface area contributed by atoms with Gasteiger partial charge in [0.1, 0.15) is 8.07 Å². The van der Waals surface area contributed by atoms with Crippen LogP contribution in [-0.2, 0) is 4.43 Å². The van der Waals surface area contributed by atoms with Crippen LogP contribution in [-0.4, -0.2) is 16.4 Å². The number of benzene rings is 2. The maximum absolute atomic E-state index is 6.64. The van der Waals surface area contributed by atoms with E-state index in [9.17, 15) is 0 Å². The lowest BCUT2D eigenvalue weighted by Gasteiger charge is -2.37. The minimum atomic E-state index is -1.81. The summed E-state index contributed by atoms with van der Waals surface area (Å²) in [5, 5.41) is 2.20. The molecule has 22 heavy (non-hydrogen) atoms. The summed E-state index contributed by atoms with van der Waals surface area (Å²) >= 11 is 6.06. The maximum Gasteiger partial charge on any atom is 0.184 e. The second-order valence-corrected chi connectivity index (χ2v) is 16.7. The van der Waals surface area contributed by atoms with Crippen molar-refractivity contribution in [3.05, 3.63) is 65.2 Å². The summed E-state index contributed by atoms with van der Waals surface area (Å²) in [6.07, 6.45) is 0. The molecule has 1 atom stereocenters. The zero-order valence-electron chi connectivity index (χ0n) is 14.1. The van der Waals surface area contributed by atoms with Gasteiger partial charge in [0, 0.05) is 5.02 Å². The number of rotatable bonds is 5. The molecule has 0 bridgehead atoms. The first-order valence-corrected chi connectivity index (χ1v) is 14.6. The average molecular weight is 349 g/mol. The third-order valence-electron chi connectivity index (χ3n) is 3.82. The quantitative estimate of drug-likeness (QED) is 0.658. The van der Waals surface area contributed by atoms with E-state index in [1.165, 1.54) is 10.8 Å². The fourth-order valence-electron chi connectivity index (χ4n) is 2.64. The van der Waals surface area contributed by atoms with E-state index in [-0.39, 0.29) is 5.73 Å². The van der Waals surface area contributed by atoms with Crippen molar-refractivity contribution in [2.45, 2.75) is 38.5 Å². The molecule has 0 saturated carbocycles. The Morgan fingerprint density at radius 1 is 0.818 bits per heavy atom. The summed E-state index contributed by atoms with van der Waals surface area (Å²) in [5.41, 5.74) is 1.39. The molecule has 2 aromatic rings. The van der Waals surface area contributed by atoms with E-state index in [2.05, 4.69) is 75.2 Å². The first-order valence-electron chi connectivity index (χ1n) is 7.69. The molecular formula is C18H25ClOSi2. The Balaban J connectivity index is 2.46. The van der Waals surface area contributed by atoms with Gasteiger partial charge in [-0.3, -0.25) is 0 Å². The molecule has 0 aromatic heterocycles. The summed E-state index contributed by atoms with van der Waals surface area (Å²) in [6.45, 7) is 11.5.